The number of anilines is 6. The molecule has 72 heavy (non-hydrogen) atoms. The number of hydrogen-bond donors (Lipinski definition) is 0. The Morgan fingerprint density at radius 3 is 0.819 bits per heavy atom. The van der Waals surface area contributed by atoms with Gasteiger partial charge in [0.2, 0.25) is 0 Å². The third-order valence-corrected chi connectivity index (χ3v) is 13.7. The zero-order valence-corrected chi connectivity index (χ0v) is 39.8. The van der Waals surface area contributed by atoms with Crippen LogP contribution < -0.4 is 9.80 Å². The van der Waals surface area contributed by atoms with Crippen LogP contribution in [-0.4, -0.2) is 0 Å². The predicted molar refractivity (Wildman–Crippen MR) is 306 cm³/mol. The van der Waals surface area contributed by atoms with Gasteiger partial charge in [-0.1, -0.05) is 224 Å². The Kier molecular flexibility index (Phi) is 12.1. The number of hydrogen-bond acceptors (Lipinski definition) is 2. The molecule has 0 saturated carbocycles. The summed E-state index contributed by atoms with van der Waals surface area (Å²) in [6.07, 6.45) is 0. The largest absolute Gasteiger partial charge is 0.311 e. The molecule has 0 amide bonds. The van der Waals surface area contributed by atoms with Crippen molar-refractivity contribution in [3.8, 4) is 66.8 Å². The van der Waals surface area contributed by atoms with Crippen LogP contribution in [0.1, 0.15) is 0 Å². The summed E-state index contributed by atoms with van der Waals surface area (Å²) < 4.78 is 0. The number of fused-ring (bicyclic) bond motifs is 1. The first-order chi connectivity index (χ1) is 35.7. The Hall–Kier alpha value is -9.50. The summed E-state index contributed by atoms with van der Waals surface area (Å²) in [4.78, 5) is 4.73. The average Bonchev–Trinajstić information content (AvgIpc) is 3.47. The summed E-state index contributed by atoms with van der Waals surface area (Å²) in [5.41, 5.74) is 20.7. The predicted octanol–water partition coefficient (Wildman–Crippen LogP) is 19.8. The molecule has 340 valence electrons. The first kappa shape index (κ1) is 43.8. The monoisotopic (exact) mass is 918 g/mol. The third kappa shape index (κ3) is 9.09. The van der Waals surface area contributed by atoms with Crippen LogP contribution in [0.2, 0.25) is 0 Å². The normalized spacial score (nSPS) is 11.1. The minimum absolute atomic E-state index is 1.07. The highest BCUT2D eigenvalue weighted by molar-refractivity contribution is 5.97. The quantitative estimate of drug-likeness (QED) is 0.120. The van der Waals surface area contributed by atoms with Crippen molar-refractivity contribution in [3.63, 3.8) is 0 Å². The van der Waals surface area contributed by atoms with Crippen LogP contribution in [0.25, 0.3) is 77.5 Å². The van der Waals surface area contributed by atoms with E-state index in [1.54, 1.807) is 0 Å². The zero-order chi connectivity index (χ0) is 48.1. The molecule has 0 saturated heterocycles. The molecule has 0 bridgehead atoms. The standard InChI is InChI=1S/C70H50N2/c1-5-16-51(17-6-1)55-28-38-63(39-29-55)71(65-46-36-60(37-47-65)70-27-15-25-59-24-13-14-26-69(59)70)64-40-32-57(33-41-64)58-34-44-67(45-35-58)72(66-42-30-56(31-43-66)52-18-7-2-8-19-52)68-49-61(53-20-9-3-10-21-53)48-62(50-68)54-22-11-4-12-23-54/h1-50H. The van der Waals surface area contributed by atoms with Crippen LogP contribution in [0.15, 0.2) is 303 Å². The lowest BCUT2D eigenvalue weighted by molar-refractivity contribution is 1.28. The Morgan fingerprint density at radius 1 is 0.167 bits per heavy atom. The van der Waals surface area contributed by atoms with Gasteiger partial charge in [0, 0.05) is 34.1 Å². The van der Waals surface area contributed by atoms with Gasteiger partial charge in [0.15, 0.2) is 0 Å². The molecule has 0 aliphatic heterocycles. The third-order valence-electron chi connectivity index (χ3n) is 13.7. The van der Waals surface area contributed by atoms with Crippen molar-refractivity contribution in [1.82, 2.24) is 0 Å². The first-order valence-corrected chi connectivity index (χ1v) is 24.6. The molecule has 0 N–H and O–H groups in total. The van der Waals surface area contributed by atoms with Crippen molar-refractivity contribution in [1.29, 1.82) is 0 Å². The molecule has 12 aromatic rings. The summed E-state index contributed by atoms with van der Waals surface area (Å²) in [5.74, 6) is 0. The van der Waals surface area contributed by atoms with Crippen molar-refractivity contribution >= 4 is 44.9 Å². The second kappa shape index (κ2) is 19.8. The Bertz CT molecular complexity index is 3660. The summed E-state index contributed by atoms with van der Waals surface area (Å²) in [6, 6.07) is 109. The van der Waals surface area contributed by atoms with Gasteiger partial charge in [-0.05, 0) is 156 Å². The Morgan fingerprint density at radius 2 is 0.444 bits per heavy atom. The topological polar surface area (TPSA) is 6.48 Å². The highest BCUT2D eigenvalue weighted by Crippen LogP contribution is 2.42. The Labute approximate surface area is 422 Å². The van der Waals surface area contributed by atoms with E-state index in [9.17, 15) is 0 Å². The van der Waals surface area contributed by atoms with E-state index in [1.807, 2.05) is 0 Å². The van der Waals surface area contributed by atoms with Gasteiger partial charge in [-0.25, -0.2) is 0 Å². The summed E-state index contributed by atoms with van der Waals surface area (Å²) in [7, 11) is 0. The molecule has 0 aliphatic carbocycles. The van der Waals surface area contributed by atoms with E-state index < -0.39 is 0 Å². The van der Waals surface area contributed by atoms with Gasteiger partial charge >= 0.3 is 0 Å². The molecule has 12 rings (SSSR count). The highest BCUT2D eigenvalue weighted by atomic mass is 15.1. The SMILES string of the molecule is c1ccc(-c2ccc(N(c3ccc(-c4ccc(N(c5ccc(-c6ccccc6)cc5)c5cc(-c6ccccc6)cc(-c6ccccc6)c5)cc4)cc3)c3ccc(-c4cccc5ccccc45)cc3)cc2)cc1. The van der Waals surface area contributed by atoms with Gasteiger partial charge in [-0.15, -0.1) is 0 Å². The van der Waals surface area contributed by atoms with Crippen molar-refractivity contribution < 1.29 is 0 Å². The molecule has 0 unspecified atom stereocenters. The lowest BCUT2D eigenvalue weighted by Gasteiger charge is -2.27. The summed E-state index contributed by atoms with van der Waals surface area (Å²) >= 11 is 0. The number of benzene rings is 12. The van der Waals surface area contributed by atoms with Crippen LogP contribution in [0, 0.1) is 0 Å². The van der Waals surface area contributed by atoms with E-state index in [-0.39, 0.29) is 0 Å². The van der Waals surface area contributed by atoms with E-state index >= 15 is 0 Å². The van der Waals surface area contributed by atoms with Gasteiger partial charge in [-0.3, -0.25) is 0 Å². The molecule has 0 aromatic heterocycles. The second-order valence-corrected chi connectivity index (χ2v) is 18.2. The van der Waals surface area contributed by atoms with E-state index in [0.717, 1.165) is 56.4 Å². The van der Waals surface area contributed by atoms with Gasteiger partial charge in [0.05, 0.1) is 0 Å². The van der Waals surface area contributed by atoms with E-state index in [4.69, 9.17) is 0 Å². The average molecular weight is 919 g/mol. The summed E-state index contributed by atoms with van der Waals surface area (Å²) in [5, 5.41) is 2.50. The smallest absolute Gasteiger partial charge is 0.0473 e. The molecule has 0 atom stereocenters. The van der Waals surface area contributed by atoms with Crippen molar-refractivity contribution in [2.24, 2.45) is 0 Å². The van der Waals surface area contributed by atoms with Crippen LogP contribution >= 0.6 is 0 Å². The van der Waals surface area contributed by atoms with Gasteiger partial charge < -0.3 is 9.80 Å². The molecular weight excluding hydrogens is 869 g/mol. The van der Waals surface area contributed by atoms with Gasteiger partial charge in [-0.2, -0.15) is 0 Å². The number of nitrogens with zero attached hydrogens (tertiary/aromatic N) is 2. The van der Waals surface area contributed by atoms with Crippen LogP contribution in [0.4, 0.5) is 34.1 Å². The molecule has 0 heterocycles. The van der Waals surface area contributed by atoms with Crippen molar-refractivity contribution in [2.45, 2.75) is 0 Å². The van der Waals surface area contributed by atoms with E-state index in [1.165, 1.54) is 55.3 Å². The van der Waals surface area contributed by atoms with E-state index in [2.05, 4.69) is 313 Å². The maximum atomic E-state index is 2.38. The summed E-state index contributed by atoms with van der Waals surface area (Å²) in [6.45, 7) is 0. The minimum atomic E-state index is 1.07. The molecular formula is C70H50N2. The fourth-order valence-corrected chi connectivity index (χ4v) is 9.97. The first-order valence-electron chi connectivity index (χ1n) is 24.6. The Balaban J connectivity index is 0.902. The van der Waals surface area contributed by atoms with Gasteiger partial charge in [0.1, 0.15) is 0 Å². The molecule has 0 fully saturated rings. The fraction of sp³-hybridized carbons (Fsp3) is 0. The maximum absolute atomic E-state index is 2.38. The highest BCUT2D eigenvalue weighted by Gasteiger charge is 2.18. The molecule has 12 aromatic carbocycles. The van der Waals surface area contributed by atoms with E-state index in [0.29, 0.717) is 0 Å². The van der Waals surface area contributed by atoms with Crippen LogP contribution in [-0.2, 0) is 0 Å². The van der Waals surface area contributed by atoms with Crippen molar-refractivity contribution in [3.05, 3.63) is 303 Å². The fourth-order valence-electron chi connectivity index (χ4n) is 9.97. The second-order valence-electron chi connectivity index (χ2n) is 18.2. The molecule has 2 heteroatoms. The lowest BCUT2D eigenvalue weighted by Crippen LogP contribution is -2.10. The zero-order valence-electron chi connectivity index (χ0n) is 39.8. The lowest BCUT2D eigenvalue weighted by atomic mass is 9.97. The molecule has 0 spiro atoms. The molecule has 0 aliphatic rings. The minimum Gasteiger partial charge on any atom is -0.311 e. The maximum Gasteiger partial charge on any atom is 0.0473 e. The van der Waals surface area contributed by atoms with Crippen LogP contribution in [0.3, 0.4) is 0 Å². The molecule has 2 nitrogen and oxygen atoms in total. The molecule has 0 radical (unpaired) electrons. The number of rotatable bonds is 12. The van der Waals surface area contributed by atoms with Crippen LogP contribution in [0.5, 0.6) is 0 Å². The van der Waals surface area contributed by atoms with Crippen molar-refractivity contribution in [2.75, 3.05) is 9.80 Å². The van der Waals surface area contributed by atoms with Gasteiger partial charge in [0.25, 0.3) is 0 Å².